The third-order valence-corrected chi connectivity index (χ3v) is 7.24. The van der Waals surface area contributed by atoms with Crippen LogP contribution in [-0.4, -0.2) is 23.3 Å². The summed E-state index contributed by atoms with van der Waals surface area (Å²) in [6, 6.07) is 3.43. The highest BCUT2D eigenvalue weighted by molar-refractivity contribution is 6.20. The van der Waals surface area contributed by atoms with Crippen LogP contribution in [0.3, 0.4) is 0 Å². The van der Waals surface area contributed by atoms with Crippen LogP contribution in [0.2, 0.25) is 0 Å². The van der Waals surface area contributed by atoms with Crippen molar-refractivity contribution >= 4 is 17.3 Å². The number of fused-ring (bicyclic) bond motifs is 3. The van der Waals surface area contributed by atoms with E-state index < -0.39 is 0 Å². The molecule has 3 nitrogen and oxygen atoms in total. The molecule has 0 aromatic rings. The van der Waals surface area contributed by atoms with Crippen LogP contribution in [0.5, 0.6) is 0 Å². The molecule has 126 valence electrons. The van der Waals surface area contributed by atoms with E-state index in [1.165, 1.54) is 50.7 Å². The van der Waals surface area contributed by atoms with E-state index in [1.807, 2.05) is 0 Å². The van der Waals surface area contributed by atoms with Gasteiger partial charge in [-0.25, -0.2) is 0 Å². The van der Waals surface area contributed by atoms with Crippen molar-refractivity contribution in [1.29, 1.82) is 5.26 Å². The normalized spacial score (nSPS) is 47.0. The molecule has 0 spiro atoms. The monoisotopic (exact) mass is 333 g/mol. The van der Waals surface area contributed by atoms with Gasteiger partial charge in [0.05, 0.1) is 17.6 Å². The van der Waals surface area contributed by atoms with Gasteiger partial charge in [0.2, 0.25) is 0 Å². The zero-order valence-corrected chi connectivity index (χ0v) is 14.6. The summed E-state index contributed by atoms with van der Waals surface area (Å²) in [6.07, 6.45) is 12.1. The van der Waals surface area contributed by atoms with Crippen LogP contribution in [0.1, 0.15) is 64.2 Å². The number of nitriles is 1. The Labute approximate surface area is 144 Å². The topological polar surface area (TPSA) is 48.2 Å². The van der Waals surface area contributed by atoms with Gasteiger partial charge in [0.1, 0.15) is 0 Å². The van der Waals surface area contributed by atoms with Crippen molar-refractivity contribution in [2.75, 3.05) is 0 Å². The van der Waals surface area contributed by atoms with Crippen LogP contribution in [0.4, 0.5) is 0 Å². The Morgan fingerprint density at radius 2 is 1.70 bits per heavy atom. The van der Waals surface area contributed by atoms with E-state index in [2.05, 4.69) is 11.4 Å². The van der Waals surface area contributed by atoms with Crippen molar-refractivity contribution in [3.05, 3.63) is 0 Å². The second-order valence-electron chi connectivity index (χ2n) is 8.16. The minimum Gasteiger partial charge on any atom is -0.296 e. The standard InChI is InChI=1S/C19H28ClN3/c20-17-10-8-15-6-5-14-7-9-16(22-18(14)19(15)23-17)13-3-1-12(11-21)2-4-13/h12-15,17-19,23H,1-10H2. The third-order valence-electron chi connectivity index (χ3n) is 6.90. The SMILES string of the molecule is N#CC1CCC(C2=NC3C(CC2)CCC2CCC(Cl)NC23)CC1. The molecule has 23 heavy (non-hydrogen) atoms. The molecule has 0 radical (unpaired) electrons. The minimum atomic E-state index is 0.140. The highest BCUT2D eigenvalue weighted by Gasteiger charge is 2.44. The first-order chi connectivity index (χ1) is 11.2. The smallest absolute Gasteiger partial charge is 0.0828 e. The molecule has 2 aliphatic carbocycles. The number of nitrogens with zero attached hydrogens (tertiary/aromatic N) is 2. The number of hydrogen-bond acceptors (Lipinski definition) is 3. The number of rotatable bonds is 1. The number of alkyl halides is 1. The van der Waals surface area contributed by atoms with Crippen LogP contribution in [0.25, 0.3) is 0 Å². The highest BCUT2D eigenvalue weighted by Crippen LogP contribution is 2.43. The summed E-state index contributed by atoms with van der Waals surface area (Å²) < 4.78 is 0. The predicted octanol–water partition coefficient (Wildman–Crippen LogP) is 4.26. The number of aliphatic imine (C=N–C) groups is 1. The predicted molar refractivity (Wildman–Crippen MR) is 93.5 cm³/mol. The van der Waals surface area contributed by atoms with Crippen LogP contribution >= 0.6 is 11.6 Å². The molecule has 1 N–H and O–H groups in total. The summed E-state index contributed by atoms with van der Waals surface area (Å²) in [7, 11) is 0. The average molecular weight is 334 g/mol. The van der Waals surface area contributed by atoms with Crippen molar-refractivity contribution in [2.45, 2.75) is 81.8 Å². The van der Waals surface area contributed by atoms with Crippen LogP contribution < -0.4 is 5.32 Å². The van der Waals surface area contributed by atoms with E-state index in [-0.39, 0.29) is 5.50 Å². The molecule has 2 aliphatic heterocycles. The second kappa shape index (κ2) is 6.73. The molecule has 3 fully saturated rings. The maximum Gasteiger partial charge on any atom is 0.0828 e. The number of halogens is 1. The van der Waals surface area contributed by atoms with E-state index in [9.17, 15) is 0 Å². The Balaban J connectivity index is 1.49. The summed E-state index contributed by atoms with van der Waals surface area (Å²) in [5.41, 5.74) is 1.61. The zero-order valence-electron chi connectivity index (χ0n) is 13.9. The van der Waals surface area contributed by atoms with E-state index in [4.69, 9.17) is 21.9 Å². The molecule has 0 aromatic heterocycles. The molecule has 2 saturated carbocycles. The van der Waals surface area contributed by atoms with E-state index in [0.29, 0.717) is 23.9 Å². The number of nitrogens with one attached hydrogen (secondary N) is 1. The zero-order chi connectivity index (χ0) is 15.8. The fourth-order valence-corrected chi connectivity index (χ4v) is 5.79. The Morgan fingerprint density at radius 3 is 2.48 bits per heavy atom. The lowest BCUT2D eigenvalue weighted by atomic mass is 9.68. The first-order valence-corrected chi connectivity index (χ1v) is 10.0. The van der Waals surface area contributed by atoms with Crippen molar-refractivity contribution in [2.24, 2.45) is 28.7 Å². The molecule has 1 saturated heterocycles. The van der Waals surface area contributed by atoms with Gasteiger partial charge in [-0.05, 0) is 82.0 Å². The van der Waals surface area contributed by atoms with E-state index >= 15 is 0 Å². The molecule has 4 aliphatic rings. The van der Waals surface area contributed by atoms with Crippen molar-refractivity contribution in [3.63, 3.8) is 0 Å². The third kappa shape index (κ3) is 3.17. The van der Waals surface area contributed by atoms with Gasteiger partial charge in [0.15, 0.2) is 0 Å². The maximum atomic E-state index is 9.10. The van der Waals surface area contributed by atoms with E-state index in [0.717, 1.165) is 31.1 Å². The molecule has 5 unspecified atom stereocenters. The largest absolute Gasteiger partial charge is 0.296 e. The Bertz CT molecular complexity index is 503. The lowest BCUT2D eigenvalue weighted by molar-refractivity contribution is 0.124. The van der Waals surface area contributed by atoms with Crippen LogP contribution in [0, 0.1) is 35.0 Å². The minimum absolute atomic E-state index is 0.140. The molecular weight excluding hydrogens is 306 g/mol. The van der Waals surface area contributed by atoms with Crippen LogP contribution in [0.15, 0.2) is 4.99 Å². The highest BCUT2D eigenvalue weighted by atomic mass is 35.5. The first-order valence-electron chi connectivity index (χ1n) is 9.61. The van der Waals surface area contributed by atoms with Crippen LogP contribution in [-0.2, 0) is 0 Å². The van der Waals surface area contributed by atoms with Gasteiger partial charge >= 0.3 is 0 Å². The van der Waals surface area contributed by atoms with Gasteiger partial charge in [-0.15, -0.1) is 11.6 Å². The van der Waals surface area contributed by atoms with Gasteiger partial charge in [-0.1, -0.05) is 0 Å². The quantitative estimate of drug-likeness (QED) is 0.575. The Kier molecular flexibility index (Phi) is 4.65. The van der Waals surface area contributed by atoms with Gasteiger partial charge in [-0.2, -0.15) is 5.26 Å². The Morgan fingerprint density at radius 1 is 0.957 bits per heavy atom. The average Bonchev–Trinajstić information content (AvgIpc) is 2.61. The van der Waals surface area contributed by atoms with Crippen molar-refractivity contribution < 1.29 is 0 Å². The second-order valence-corrected chi connectivity index (χ2v) is 8.69. The van der Waals surface area contributed by atoms with Gasteiger partial charge in [-0.3, -0.25) is 10.3 Å². The lowest BCUT2D eigenvalue weighted by Gasteiger charge is -2.48. The molecule has 4 heteroatoms. The van der Waals surface area contributed by atoms with Crippen molar-refractivity contribution in [1.82, 2.24) is 5.32 Å². The summed E-state index contributed by atoms with van der Waals surface area (Å²) in [5.74, 6) is 2.49. The fourth-order valence-electron chi connectivity index (χ4n) is 5.52. The molecule has 0 aromatic carbocycles. The van der Waals surface area contributed by atoms with Crippen molar-refractivity contribution in [3.8, 4) is 6.07 Å². The molecule has 0 amide bonds. The Hall–Kier alpha value is -0.590. The molecule has 5 atom stereocenters. The number of hydrogen-bond donors (Lipinski definition) is 1. The summed E-state index contributed by atoms with van der Waals surface area (Å²) in [6.45, 7) is 0. The van der Waals surface area contributed by atoms with E-state index in [1.54, 1.807) is 0 Å². The lowest BCUT2D eigenvalue weighted by Crippen LogP contribution is -2.57. The fraction of sp³-hybridized carbons (Fsp3) is 0.895. The molecule has 2 heterocycles. The molecular formula is C19H28ClN3. The first kappa shape index (κ1) is 15.9. The summed E-state index contributed by atoms with van der Waals surface area (Å²) >= 11 is 6.39. The molecule has 4 rings (SSSR count). The molecule has 0 bridgehead atoms. The van der Waals surface area contributed by atoms with Gasteiger partial charge in [0.25, 0.3) is 0 Å². The van der Waals surface area contributed by atoms with Gasteiger partial charge < -0.3 is 0 Å². The number of piperidine rings is 1. The maximum absolute atomic E-state index is 9.10. The summed E-state index contributed by atoms with van der Waals surface area (Å²) in [4.78, 5) is 5.31. The van der Waals surface area contributed by atoms with Gasteiger partial charge in [0, 0.05) is 17.7 Å². The summed E-state index contributed by atoms with van der Waals surface area (Å²) in [5, 5.41) is 12.8.